The van der Waals surface area contributed by atoms with Crippen molar-refractivity contribution in [1.82, 2.24) is 0 Å². The molecule has 0 spiro atoms. The Kier molecular flexibility index (Phi) is 7.37. The number of esters is 1. The van der Waals surface area contributed by atoms with Crippen molar-refractivity contribution in [3.63, 3.8) is 0 Å². The average molecular weight is 567 g/mol. The fourth-order valence-electron chi connectivity index (χ4n) is 4.93. The minimum atomic E-state index is -3.44. The van der Waals surface area contributed by atoms with Gasteiger partial charge in [0.05, 0.1) is 0 Å². The fraction of sp³-hybridized carbons (Fsp3) is 0.0606. The first-order valence-electron chi connectivity index (χ1n) is 12.3. The zero-order valence-electron chi connectivity index (χ0n) is 20.4. The van der Waals surface area contributed by atoms with E-state index in [4.69, 9.17) is 4.74 Å². The fourth-order valence-corrected chi connectivity index (χ4v) is 12.1. The van der Waals surface area contributed by atoms with Gasteiger partial charge in [0, 0.05) is 0 Å². The van der Waals surface area contributed by atoms with E-state index in [0.717, 1.165) is 27.0 Å². The Labute approximate surface area is 226 Å². The summed E-state index contributed by atoms with van der Waals surface area (Å²) in [5, 5.41) is -0.193. The Morgan fingerprint density at radius 1 is 0.541 bits per heavy atom. The summed E-state index contributed by atoms with van der Waals surface area (Å²) < 4.78 is 6.37. The molecule has 0 atom stereocenters. The topological polar surface area (TPSA) is 26.3 Å². The first-order chi connectivity index (χ1) is 18.1. The zero-order valence-corrected chi connectivity index (χ0v) is 22.8. The number of benzene rings is 5. The van der Waals surface area contributed by atoms with E-state index < -0.39 is 11.4 Å². The molecule has 0 bridgehead atoms. The SMILES string of the molecule is O=C(CP(Br)(c1ccccc1)(c1ccccc1)c1ccccc1)OC(c1ccccc1)c1ccccc1. The summed E-state index contributed by atoms with van der Waals surface area (Å²) in [6.45, 7) is 0. The van der Waals surface area contributed by atoms with Crippen LogP contribution in [0.1, 0.15) is 17.2 Å². The predicted octanol–water partition coefficient (Wildman–Crippen LogP) is 7.16. The second kappa shape index (κ2) is 10.8. The van der Waals surface area contributed by atoms with Gasteiger partial charge in [-0.15, -0.1) is 0 Å². The summed E-state index contributed by atoms with van der Waals surface area (Å²) >= 11 is 4.35. The van der Waals surface area contributed by atoms with Crippen molar-refractivity contribution in [3.05, 3.63) is 163 Å². The molecule has 0 aromatic heterocycles. The van der Waals surface area contributed by atoms with Crippen molar-refractivity contribution in [2.75, 3.05) is 6.16 Å². The second-order valence-corrected chi connectivity index (χ2v) is 18.0. The summed E-state index contributed by atoms with van der Waals surface area (Å²) in [6, 6.07) is 50.8. The van der Waals surface area contributed by atoms with Crippen LogP contribution in [0.5, 0.6) is 0 Å². The molecule has 0 heterocycles. The molecule has 4 heteroatoms. The van der Waals surface area contributed by atoms with E-state index >= 15 is 0 Å². The third-order valence-corrected chi connectivity index (χ3v) is 16.2. The molecule has 0 fully saturated rings. The van der Waals surface area contributed by atoms with E-state index in [1.54, 1.807) is 0 Å². The van der Waals surface area contributed by atoms with Gasteiger partial charge in [-0.3, -0.25) is 0 Å². The maximum atomic E-state index is 14.1. The summed E-state index contributed by atoms with van der Waals surface area (Å²) in [5.41, 5.74) is 1.88. The van der Waals surface area contributed by atoms with Crippen LogP contribution in [0.15, 0.2) is 152 Å². The number of ether oxygens (including phenoxy) is 1. The number of hydrogen-bond donors (Lipinski definition) is 0. The van der Waals surface area contributed by atoms with Crippen LogP contribution in [-0.2, 0) is 9.53 Å². The maximum absolute atomic E-state index is 14.1. The molecular formula is C33H28BrO2P. The Morgan fingerprint density at radius 2 is 0.838 bits per heavy atom. The number of carbonyl (C=O) groups excluding carboxylic acids is 1. The van der Waals surface area contributed by atoms with Gasteiger partial charge in [-0.1, -0.05) is 0 Å². The Bertz CT molecular complexity index is 1300. The monoisotopic (exact) mass is 566 g/mol. The minimum absolute atomic E-state index is 0.180. The van der Waals surface area contributed by atoms with E-state index in [1.807, 2.05) is 115 Å². The molecule has 0 aliphatic carbocycles. The van der Waals surface area contributed by atoms with Gasteiger partial charge in [0.2, 0.25) is 0 Å². The number of hydrogen-bond acceptors (Lipinski definition) is 2. The Balaban J connectivity index is 1.65. The summed E-state index contributed by atoms with van der Waals surface area (Å²) in [7, 11) is 0. The predicted molar refractivity (Wildman–Crippen MR) is 160 cm³/mol. The zero-order chi connectivity index (χ0) is 25.6. The first kappa shape index (κ1) is 25.1. The normalized spacial score (nSPS) is 12.4. The first-order valence-corrected chi connectivity index (χ1v) is 16.7. The van der Waals surface area contributed by atoms with E-state index in [-0.39, 0.29) is 12.1 Å². The van der Waals surface area contributed by atoms with Crippen LogP contribution in [0.3, 0.4) is 0 Å². The molecule has 2 nitrogen and oxygen atoms in total. The van der Waals surface area contributed by atoms with Crippen molar-refractivity contribution in [2.45, 2.75) is 6.10 Å². The van der Waals surface area contributed by atoms with Crippen LogP contribution >= 0.6 is 20.8 Å². The van der Waals surface area contributed by atoms with Crippen molar-refractivity contribution >= 4 is 42.7 Å². The van der Waals surface area contributed by atoms with Crippen LogP contribution in [0.25, 0.3) is 0 Å². The van der Waals surface area contributed by atoms with Crippen LogP contribution in [0.4, 0.5) is 0 Å². The molecule has 0 N–H and O–H groups in total. The average Bonchev–Trinajstić information content (AvgIpc) is 2.98. The molecule has 0 amide bonds. The van der Waals surface area contributed by atoms with Gasteiger partial charge in [-0.2, -0.15) is 0 Å². The summed E-state index contributed by atoms with van der Waals surface area (Å²) in [4.78, 5) is 14.1. The quantitative estimate of drug-likeness (QED) is 0.147. The van der Waals surface area contributed by atoms with Crippen molar-refractivity contribution in [3.8, 4) is 0 Å². The molecule has 5 aromatic carbocycles. The molecular weight excluding hydrogens is 539 g/mol. The number of rotatable bonds is 8. The third-order valence-electron chi connectivity index (χ3n) is 6.76. The molecule has 0 aliphatic rings. The summed E-state index contributed by atoms with van der Waals surface area (Å²) in [5.74, 6) is -0.260. The number of halogens is 1. The van der Waals surface area contributed by atoms with Crippen LogP contribution in [0.2, 0.25) is 0 Å². The molecule has 184 valence electrons. The van der Waals surface area contributed by atoms with Gasteiger partial charge in [-0.05, 0) is 0 Å². The molecule has 0 saturated heterocycles. The van der Waals surface area contributed by atoms with Crippen LogP contribution in [0, 0.1) is 0 Å². The van der Waals surface area contributed by atoms with Gasteiger partial charge in [0.25, 0.3) is 0 Å². The Hall–Kier alpha value is -3.52. The van der Waals surface area contributed by atoms with Gasteiger partial charge < -0.3 is 0 Å². The molecule has 5 rings (SSSR count). The summed E-state index contributed by atoms with van der Waals surface area (Å²) in [6.07, 6.45) is -0.321. The van der Waals surface area contributed by atoms with Crippen LogP contribution in [-0.4, -0.2) is 12.1 Å². The van der Waals surface area contributed by atoms with E-state index in [2.05, 4.69) is 51.9 Å². The van der Waals surface area contributed by atoms with E-state index in [1.165, 1.54) is 0 Å². The molecule has 5 aromatic rings. The van der Waals surface area contributed by atoms with E-state index in [9.17, 15) is 4.79 Å². The molecule has 0 unspecified atom stereocenters. The van der Waals surface area contributed by atoms with Gasteiger partial charge in [0.15, 0.2) is 0 Å². The molecule has 0 radical (unpaired) electrons. The second-order valence-electron chi connectivity index (χ2n) is 9.04. The number of carbonyl (C=O) groups is 1. The van der Waals surface area contributed by atoms with Crippen molar-refractivity contribution in [1.29, 1.82) is 0 Å². The van der Waals surface area contributed by atoms with Gasteiger partial charge >= 0.3 is 227 Å². The van der Waals surface area contributed by atoms with Gasteiger partial charge in [-0.25, -0.2) is 0 Å². The Morgan fingerprint density at radius 3 is 1.16 bits per heavy atom. The molecule has 37 heavy (non-hydrogen) atoms. The van der Waals surface area contributed by atoms with Crippen molar-refractivity contribution < 1.29 is 9.53 Å². The van der Waals surface area contributed by atoms with Crippen LogP contribution < -0.4 is 15.9 Å². The third kappa shape index (κ3) is 4.90. The van der Waals surface area contributed by atoms with Gasteiger partial charge in [0.1, 0.15) is 0 Å². The molecule has 0 saturated carbocycles. The van der Waals surface area contributed by atoms with Crippen molar-refractivity contribution in [2.24, 2.45) is 0 Å². The molecule has 0 aliphatic heterocycles. The standard InChI is InChI=1S/C33H28BrO2P/c34-37(29-20-10-3-11-21-29,30-22-12-4-13-23-30,31-24-14-5-15-25-31)26-32(35)36-33(27-16-6-1-7-17-27)28-18-8-2-9-19-28/h1-25,33H,26H2. The van der Waals surface area contributed by atoms with E-state index in [0.29, 0.717) is 0 Å².